The van der Waals surface area contributed by atoms with E-state index in [0.717, 1.165) is 10.4 Å². The van der Waals surface area contributed by atoms with Crippen molar-refractivity contribution >= 4 is 15.9 Å². The number of hydrogen-bond acceptors (Lipinski definition) is 1. The summed E-state index contributed by atoms with van der Waals surface area (Å²) in [5, 5.41) is 0. The molecular weight excluding hydrogens is 194 g/mol. The van der Waals surface area contributed by atoms with Crippen LogP contribution >= 0.6 is 15.9 Å². The van der Waals surface area contributed by atoms with Crippen LogP contribution in [0.4, 0.5) is 0 Å². The van der Waals surface area contributed by atoms with Crippen molar-refractivity contribution in [3.05, 3.63) is 34.0 Å². The lowest BCUT2D eigenvalue weighted by molar-refractivity contribution is 0.492. The Morgan fingerprint density at radius 1 is 1.60 bits per heavy atom. The summed E-state index contributed by atoms with van der Waals surface area (Å²) < 4.78 is 5.89. The number of halogens is 1. The molecule has 1 heterocycles. The molecule has 0 fully saturated rings. The highest BCUT2D eigenvalue weighted by Crippen LogP contribution is 2.14. The van der Waals surface area contributed by atoms with Gasteiger partial charge in [0, 0.05) is 0 Å². The lowest BCUT2D eigenvalue weighted by atomic mass is 10.3. The normalized spacial score (nSPS) is 9.20. The van der Waals surface area contributed by atoms with Gasteiger partial charge in [-0.15, -0.1) is 0 Å². The van der Waals surface area contributed by atoms with E-state index >= 15 is 0 Å². The molecule has 0 bridgehead atoms. The molecule has 2 nitrogen and oxygen atoms in total. The highest BCUT2D eigenvalue weighted by Gasteiger charge is 1.98. The summed E-state index contributed by atoms with van der Waals surface area (Å²) in [4.78, 5) is 3.21. The van der Waals surface area contributed by atoms with Crippen LogP contribution in [0.1, 0.15) is 5.76 Å². The van der Waals surface area contributed by atoms with Gasteiger partial charge in [-0.2, -0.15) is 0 Å². The van der Waals surface area contributed by atoms with Crippen LogP contribution < -0.4 is 0 Å². The molecule has 3 heteroatoms. The maximum Gasteiger partial charge on any atom is 0.221 e. The van der Waals surface area contributed by atoms with Crippen LogP contribution in [0.5, 0.6) is 0 Å². The van der Waals surface area contributed by atoms with E-state index in [0.29, 0.717) is 13.0 Å². The molecule has 0 aliphatic heterocycles. The van der Waals surface area contributed by atoms with Crippen LogP contribution in [0.25, 0.3) is 4.85 Å². The van der Waals surface area contributed by atoms with Crippen molar-refractivity contribution in [2.75, 3.05) is 6.54 Å². The molecular formula is C7H6BrNO. The molecule has 52 valence electrons. The third-order valence-corrected chi connectivity index (χ3v) is 1.53. The number of furan rings is 1. The third-order valence-electron chi connectivity index (χ3n) is 1.10. The van der Waals surface area contributed by atoms with E-state index in [2.05, 4.69) is 20.8 Å². The van der Waals surface area contributed by atoms with E-state index < -0.39 is 0 Å². The summed E-state index contributed by atoms with van der Waals surface area (Å²) >= 11 is 3.18. The minimum Gasteiger partial charge on any atom is -0.454 e. The number of rotatable bonds is 2. The molecule has 0 radical (unpaired) electrons. The first-order chi connectivity index (χ1) is 4.83. The molecule has 0 aromatic carbocycles. The average molecular weight is 200 g/mol. The molecule has 1 aromatic heterocycles. The zero-order valence-corrected chi connectivity index (χ0v) is 6.89. The minimum atomic E-state index is 0.500. The van der Waals surface area contributed by atoms with Gasteiger partial charge in [-0.25, -0.2) is 6.57 Å². The van der Waals surface area contributed by atoms with E-state index in [-0.39, 0.29) is 0 Å². The Hall–Kier alpha value is -0.750. The van der Waals surface area contributed by atoms with Crippen molar-refractivity contribution in [1.82, 2.24) is 0 Å². The summed E-state index contributed by atoms with van der Waals surface area (Å²) in [6, 6.07) is 3.70. The second-order valence-corrected chi connectivity index (χ2v) is 2.62. The first-order valence-corrected chi connectivity index (χ1v) is 3.69. The maximum absolute atomic E-state index is 6.53. The fourth-order valence-electron chi connectivity index (χ4n) is 0.652. The molecule has 1 aromatic rings. The van der Waals surface area contributed by atoms with E-state index in [4.69, 9.17) is 11.0 Å². The zero-order valence-electron chi connectivity index (χ0n) is 5.30. The molecule has 0 spiro atoms. The minimum absolute atomic E-state index is 0.500. The van der Waals surface area contributed by atoms with Gasteiger partial charge in [0.2, 0.25) is 6.54 Å². The first-order valence-electron chi connectivity index (χ1n) is 2.90. The van der Waals surface area contributed by atoms with Gasteiger partial charge >= 0.3 is 0 Å². The van der Waals surface area contributed by atoms with Crippen LogP contribution in [0, 0.1) is 6.57 Å². The molecule has 0 saturated heterocycles. The monoisotopic (exact) mass is 199 g/mol. The Morgan fingerprint density at radius 3 is 2.90 bits per heavy atom. The largest absolute Gasteiger partial charge is 0.454 e. The molecule has 0 unspecified atom stereocenters. The molecule has 0 N–H and O–H groups in total. The first kappa shape index (κ1) is 7.36. The second kappa shape index (κ2) is 3.43. The molecule has 0 amide bonds. The van der Waals surface area contributed by atoms with Crippen molar-refractivity contribution in [3.63, 3.8) is 0 Å². The van der Waals surface area contributed by atoms with E-state index in [1.807, 2.05) is 12.1 Å². The SMILES string of the molecule is [C-]#[N+]CCc1ccc(Br)o1. The summed E-state index contributed by atoms with van der Waals surface area (Å²) in [5.41, 5.74) is 0. The molecule has 1 rings (SSSR count). The third kappa shape index (κ3) is 1.89. The standard InChI is InChI=1S/C7H6BrNO/c1-9-5-4-6-2-3-7(8)10-6/h2-3H,4-5H2. The summed E-state index contributed by atoms with van der Waals surface area (Å²) in [7, 11) is 0. The van der Waals surface area contributed by atoms with Gasteiger partial charge in [0.15, 0.2) is 4.67 Å². The Bertz CT molecular complexity index is 248. The van der Waals surface area contributed by atoms with Gasteiger partial charge < -0.3 is 9.26 Å². The molecule has 10 heavy (non-hydrogen) atoms. The van der Waals surface area contributed by atoms with Crippen LogP contribution in [0.15, 0.2) is 21.2 Å². The van der Waals surface area contributed by atoms with E-state index in [1.165, 1.54) is 0 Å². The van der Waals surface area contributed by atoms with Crippen molar-refractivity contribution in [2.45, 2.75) is 6.42 Å². The second-order valence-electron chi connectivity index (χ2n) is 1.84. The smallest absolute Gasteiger partial charge is 0.221 e. The number of nitrogens with zero attached hydrogens (tertiary/aromatic N) is 1. The molecule has 0 aliphatic rings. The highest BCUT2D eigenvalue weighted by molar-refractivity contribution is 9.10. The fourth-order valence-corrected chi connectivity index (χ4v) is 0.992. The quantitative estimate of drug-likeness (QED) is 0.670. The predicted octanol–water partition coefficient (Wildman–Crippen LogP) is 2.50. The van der Waals surface area contributed by atoms with Crippen molar-refractivity contribution < 1.29 is 4.42 Å². The van der Waals surface area contributed by atoms with Gasteiger partial charge in [0.1, 0.15) is 5.76 Å². The van der Waals surface area contributed by atoms with Crippen LogP contribution in [0.2, 0.25) is 0 Å². The Labute approximate surface area is 67.8 Å². The lowest BCUT2D eigenvalue weighted by Crippen LogP contribution is -1.82. The van der Waals surface area contributed by atoms with E-state index in [9.17, 15) is 0 Å². The predicted molar refractivity (Wildman–Crippen MR) is 41.6 cm³/mol. The van der Waals surface area contributed by atoms with E-state index in [1.54, 1.807) is 0 Å². The highest BCUT2D eigenvalue weighted by atomic mass is 79.9. The van der Waals surface area contributed by atoms with Gasteiger partial charge in [-0.1, -0.05) is 0 Å². The summed E-state index contributed by atoms with van der Waals surface area (Å²) in [6.07, 6.45) is 0.703. The Kier molecular flexibility index (Phi) is 2.52. The Morgan fingerprint density at radius 2 is 2.40 bits per heavy atom. The van der Waals surface area contributed by atoms with Crippen LogP contribution in [-0.4, -0.2) is 6.54 Å². The van der Waals surface area contributed by atoms with Crippen molar-refractivity contribution in [3.8, 4) is 0 Å². The molecule has 0 aliphatic carbocycles. The van der Waals surface area contributed by atoms with Gasteiger partial charge in [0.25, 0.3) is 0 Å². The van der Waals surface area contributed by atoms with Crippen molar-refractivity contribution in [1.29, 1.82) is 0 Å². The topological polar surface area (TPSA) is 17.5 Å². The Balaban J connectivity index is 2.52. The number of hydrogen-bond donors (Lipinski definition) is 0. The van der Waals surface area contributed by atoms with Gasteiger partial charge in [-0.3, -0.25) is 0 Å². The summed E-state index contributed by atoms with van der Waals surface area (Å²) in [6.45, 7) is 7.03. The van der Waals surface area contributed by atoms with Crippen molar-refractivity contribution in [2.24, 2.45) is 0 Å². The molecule has 0 saturated carbocycles. The maximum atomic E-state index is 6.53. The molecule has 0 atom stereocenters. The lowest BCUT2D eigenvalue weighted by Gasteiger charge is -1.84. The summed E-state index contributed by atoms with van der Waals surface area (Å²) in [5.74, 6) is 0.864. The van der Waals surface area contributed by atoms with Gasteiger partial charge in [0.05, 0.1) is 6.42 Å². The van der Waals surface area contributed by atoms with Gasteiger partial charge in [-0.05, 0) is 28.1 Å². The zero-order chi connectivity index (χ0) is 7.40. The van der Waals surface area contributed by atoms with Crippen LogP contribution in [0.3, 0.4) is 0 Å². The average Bonchev–Trinajstić information content (AvgIpc) is 2.31. The fraction of sp³-hybridized carbons (Fsp3) is 0.286. The van der Waals surface area contributed by atoms with Crippen LogP contribution in [-0.2, 0) is 6.42 Å².